The highest BCUT2D eigenvalue weighted by molar-refractivity contribution is 5.93. The lowest BCUT2D eigenvalue weighted by atomic mass is 10.2. The number of hydrogen-bond donors (Lipinski definition) is 3. The first-order valence-electron chi connectivity index (χ1n) is 8.69. The number of aromatic nitrogens is 2. The first-order chi connectivity index (χ1) is 13.3. The van der Waals surface area contributed by atoms with Gasteiger partial charge in [0.25, 0.3) is 0 Å². The molecule has 1 aliphatic heterocycles. The van der Waals surface area contributed by atoms with Crippen LogP contribution in [0.15, 0.2) is 42.7 Å². The van der Waals surface area contributed by atoms with Gasteiger partial charge in [0.1, 0.15) is 24.5 Å². The molecule has 140 valence electrons. The molecule has 0 saturated carbocycles. The van der Waals surface area contributed by atoms with Crippen LogP contribution < -0.4 is 30.6 Å². The minimum atomic E-state index is -0.238. The van der Waals surface area contributed by atoms with Crippen molar-refractivity contribution in [1.82, 2.24) is 15.3 Å². The largest absolute Gasteiger partial charge is 0.497 e. The van der Waals surface area contributed by atoms with Gasteiger partial charge in [-0.05, 0) is 18.2 Å². The second-order valence-corrected chi connectivity index (χ2v) is 6.06. The molecule has 2 heterocycles. The van der Waals surface area contributed by atoms with Gasteiger partial charge in [0.2, 0.25) is 0 Å². The Balaban J connectivity index is 1.66. The van der Waals surface area contributed by atoms with E-state index in [-0.39, 0.29) is 6.23 Å². The van der Waals surface area contributed by atoms with E-state index in [1.807, 2.05) is 36.4 Å². The van der Waals surface area contributed by atoms with Crippen LogP contribution in [0.1, 0.15) is 0 Å². The smallest absolute Gasteiger partial charge is 0.184 e. The highest BCUT2D eigenvalue weighted by Crippen LogP contribution is 2.37. The fourth-order valence-electron chi connectivity index (χ4n) is 2.90. The van der Waals surface area contributed by atoms with E-state index in [0.29, 0.717) is 37.0 Å². The third kappa shape index (κ3) is 3.71. The quantitative estimate of drug-likeness (QED) is 0.608. The Morgan fingerprint density at radius 3 is 3.00 bits per heavy atom. The number of hydrogen-bond acceptors (Lipinski definition) is 8. The van der Waals surface area contributed by atoms with Crippen molar-refractivity contribution in [3.8, 4) is 17.2 Å². The molecule has 0 bridgehead atoms. The van der Waals surface area contributed by atoms with Crippen LogP contribution >= 0.6 is 0 Å². The molecule has 1 aliphatic rings. The Morgan fingerprint density at radius 2 is 2.15 bits per heavy atom. The minimum absolute atomic E-state index is 0.238. The molecule has 4 N–H and O–H groups in total. The van der Waals surface area contributed by atoms with E-state index in [9.17, 15) is 0 Å². The average Bonchev–Trinajstić information content (AvgIpc) is 2.71. The molecule has 0 spiro atoms. The van der Waals surface area contributed by atoms with Gasteiger partial charge >= 0.3 is 0 Å². The van der Waals surface area contributed by atoms with Gasteiger partial charge in [0.15, 0.2) is 17.7 Å². The van der Waals surface area contributed by atoms with E-state index in [1.54, 1.807) is 7.11 Å². The van der Waals surface area contributed by atoms with Crippen molar-refractivity contribution in [3.63, 3.8) is 0 Å². The zero-order chi connectivity index (χ0) is 18.6. The summed E-state index contributed by atoms with van der Waals surface area (Å²) in [7, 11) is 1.64. The summed E-state index contributed by atoms with van der Waals surface area (Å²) in [5.74, 6) is 2.75. The van der Waals surface area contributed by atoms with E-state index >= 15 is 0 Å². The number of benzene rings is 2. The number of anilines is 2. The van der Waals surface area contributed by atoms with Crippen molar-refractivity contribution in [2.75, 3.05) is 32.1 Å². The number of rotatable bonds is 6. The van der Waals surface area contributed by atoms with E-state index < -0.39 is 0 Å². The van der Waals surface area contributed by atoms with Crippen molar-refractivity contribution in [1.29, 1.82) is 0 Å². The molecule has 4 rings (SSSR count). The fourth-order valence-corrected chi connectivity index (χ4v) is 2.90. The van der Waals surface area contributed by atoms with Crippen LogP contribution in [0.5, 0.6) is 17.2 Å². The number of nitrogens with two attached hydrogens (primary N) is 1. The summed E-state index contributed by atoms with van der Waals surface area (Å²) in [5.41, 5.74) is 7.17. The molecule has 1 atom stereocenters. The van der Waals surface area contributed by atoms with Crippen LogP contribution in [0.4, 0.5) is 11.5 Å². The molecule has 27 heavy (non-hydrogen) atoms. The van der Waals surface area contributed by atoms with Gasteiger partial charge in [0.05, 0.1) is 12.6 Å². The number of fused-ring (bicyclic) bond motifs is 2. The Bertz CT molecular complexity index is 950. The van der Waals surface area contributed by atoms with E-state index in [4.69, 9.17) is 19.9 Å². The van der Waals surface area contributed by atoms with Gasteiger partial charge in [-0.3, -0.25) is 5.32 Å². The van der Waals surface area contributed by atoms with Crippen LogP contribution in [0.2, 0.25) is 0 Å². The molecular weight excluding hydrogens is 346 g/mol. The molecule has 0 aliphatic carbocycles. The standard InChI is InChI=1S/C19H21N5O3/c1-25-13-4-2-3-12(7-13)24-19-14-8-17-16(9-15(14)22-11-23-19)26-10-18(27-17)21-6-5-20/h2-4,7-9,11,18,21H,5-6,10,20H2,1H3,(H,22,23,24). The van der Waals surface area contributed by atoms with Crippen LogP contribution in [0.25, 0.3) is 10.9 Å². The molecule has 0 amide bonds. The number of ether oxygens (including phenoxy) is 3. The molecular formula is C19H21N5O3. The Morgan fingerprint density at radius 1 is 1.22 bits per heavy atom. The van der Waals surface area contributed by atoms with Crippen LogP contribution in [0, 0.1) is 0 Å². The first-order valence-corrected chi connectivity index (χ1v) is 8.69. The summed E-state index contributed by atoms with van der Waals surface area (Å²) in [6.45, 7) is 1.61. The van der Waals surface area contributed by atoms with Crippen LogP contribution in [-0.2, 0) is 0 Å². The second-order valence-electron chi connectivity index (χ2n) is 6.06. The molecule has 8 heteroatoms. The first kappa shape index (κ1) is 17.3. The van der Waals surface area contributed by atoms with Gasteiger partial charge in [-0.25, -0.2) is 9.97 Å². The topological polar surface area (TPSA) is 104 Å². The number of methoxy groups -OCH3 is 1. The lowest BCUT2D eigenvalue weighted by Gasteiger charge is -2.27. The summed E-state index contributed by atoms with van der Waals surface area (Å²) in [6.07, 6.45) is 1.28. The van der Waals surface area contributed by atoms with Crippen molar-refractivity contribution >= 4 is 22.4 Å². The van der Waals surface area contributed by atoms with E-state index in [2.05, 4.69) is 20.6 Å². The van der Waals surface area contributed by atoms with Gasteiger partial charge in [-0.15, -0.1) is 0 Å². The lowest BCUT2D eigenvalue weighted by Crippen LogP contribution is -2.43. The van der Waals surface area contributed by atoms with Gasteiger partial charge in [0, 0.05) is 36.3 Å². The average molecular weight is 367 g/mol. The molecule has 1 unspecified atom stereocenters. The Hall–Kier alpha value is -3.10. The van der Waals surface area contributed by atoms with Gasteiger partial charge in [-0.2, -0.15) is 0 Å². The third-order valence-electron chi connectivity index (χ3n) is 4.21. The van der Waals surface area contributed by atoms with Crippen molar-refractivity contribution in [3.05, 3.63) is 42.7 Å². The predicted molar refractivity (Wildman–Crippen MR) is 103 cm³/mol. The predicted octanol–water partition coefficient (Wildman–Crippen LogP) is 2.03. The highest BCUT2D eigenvalue weighted by Gasteiger charge is 2.22. The summed E-state index contributed by atoms with van der Waals surface area (Å²) < 4.78 is 17.1. The fraction of sp³-hybridized carbons (Fsp3) is 0.263. The molecule has 2 aromatic carbocycles. The normalized spacial score (nSPS) is 15.6. The Labute approximate surface area is 156 Å². The maximum absolute atomic E-state index is 5.99. The number of nitrogens with one attached hydrogen (secondary N) is 2. The molecule has 0 saturated heterocycles. The maximum atomic E-state index is 5.99. The second kappa shape index (κ2) is 7.65. The zero-order valence-electron chi connectivity index (χ0n) is 14.9. The molecule has 1 aromatic heterocycles. The van der Waals surface area contributed by atoms with E-state index in [1.165, 1.54) is 6.33 Å². The summed E-state index contributed by atoms with van der Waals surface area (Å²) in [5, 5.41) is 7.34. The van der Waals surface area contributed by atoms with Crippen molar-refractivity contribution < 1.29 is 14.2 Å². The lowest BCUT2D eigenvalue weighted by molar-refractivity contribution is 0.0679. The zero-order valence-corrected chi connectivity index (χ0v) is 14.9. The highest BCUT2D eigenvalue weighted by atomic mass is 16.6. The summed E-state index contributed by atoms with van der Waals surface area (Å²) in [6, 6.07) is 11.4. The summed E-state index contributed by atoms with van der Waals surface area (Å²) >= 11 is 0. The SMILES string of the molecule is COc1cccc(Nc2ncnc3cc4c(cc23)OC(NCCN)CO4)c1. The van der Waals surface area contributed by atoms with Crippen molar-refractivity contribution in [2.45, 2.75) is 6.23 Å². The van der Waals surface area contributed by atoms with Crippen LogP contribution in [0.3, 0.4) is 0 Å². The minimum Gasteiger partial charge on any atom is -0.497 e. The van der Waals surface area contributed by atoms with Crippen molar-refractivity contribution in [2.24, 2.45) is 5.73 Å². The molecule has 0 radical (unpaired) electrons. The third-order valence-corrected chi connectivity index (χ3v) is 4.21. The number of nitrogens with zero attached hydrogens (tertiary/aromatic N) is 2. The summed E-state index contributed by atoms with van der Waals surface area (Å²) in [4.78, 5) is 8.73. The molecule has 8 nitrogen and oxygen atoms in total. The monoisotopic (exact) mass is 367 g/mol. The van der Waals surface area contributed by atoms with Gasteiger partial charge < -0.3 is 25.3 Å². The van der Waals surface area contributed by atoms with Crippen LogP contribution in [-0.4, -0.2) is 43.0 Å². The van der Waals surface area contributed by atoms with E-state index in [0.717, 1.165) is 22.3 Å². The molecule has 3 aromatic rings. The van der Waals surface area contributed by atoms with Gasteiger partial charge in [-0.1, -0.05) is 6.07 Å². The Kier molecular flexibility index (Phi) is 4.91. The maximum Gasteiger partial charge on any atom is 0.184 e. The molecule has 0 fully saturated rings.